The molecule has 1 unspecified atom stereocenters. The van der Waals surface area contributed by atoms with Crippen LogP contribution in [0.4, 0.5) is 22.7 Å². The van der Waals surface area contributed by atoms with E-state index in [4.69, 9.17) is 14.5 Å². The van der Waals surface area contributed by atoms with Crippen molar-refractivity contribution in [2.24, 2.45) is 0 Å². The summed E-state index contributed by atoms with van der Waals surface area (Å²) in [6.45, 7) is 14.0. The molecular weight excluding hydrogens is 825 g/mol. The Morgan fingerprint density at radius 3 is 1.83 bits per heavy atom. The first-order chi connectivity index (χ1) is 32.3. The number of allylic oxidation sites excluding steroid dienone is 1. The van der Waals surface area contributed by atoms with Gasteiger partial charge in [0, 0.05) is 91.9 Å². The van der Waals surface area contributed by atoms with Crippen LogP contribution in [0.3, 0.4) is 0 Å². The Balaban J connectivity index is 0.000000155. The molecule has 2 fully saturated rings. The molecule has 11 rings (SSSR count). The van der Waals surface area contributed by atoms with Crippen molar-refractivity contribution in [3.05, 3.63) is 126 Å². The molecule has 66 heavy (non-hydrogen) atoms. The van der Waals surface area contributed by atoms with Gasteiger partial charge >= 0.3 is 0 Å². The van der Waals surface area contributed by atoms with Gasteiger partial charge in [-0.1, -0.05) is 30.3 Å². The summed E-state index contributed by atoms with van der Waals surface area (Å²) in [6.07, 6.45) is 9.04. The molecule has 0 spiro atoms. The van der Waals surface area contributed by atoms with Gasteiger partial charge in [-0.2, -0.15) is 0 Å². The van der Waals surface area contributed by atoms with Crippen LogP contribution in [0.1, 0.15) is 54.6 Å². The number of ether oxygens (including phenoxy) is 2. The van der Waals surface area contributed by atoms with Gasteiger partial charge in [-0.05, 0) is 148 Å². The normalized spacial score (nSPS) is 18.8. The van der Waals surface area contributed by atoms with E-state index in [1.165, 1.54) is 51.7 Å². The first-order valence-corrected chi connectivity index (χ1v) is 23.8. The van der Waals surface area contributed by atoms with Crippen molar-refractivity contribution in [2.45, 2.75) is 58.4 Å². The summed E-state index contributed by atoms with van der Waals surface area (Å²) in [4.78, 5) is 42.8. The molecule has 2 saturated heterocycles. The highest BCUT2D eigenvalue weighted by molar-refractivity contribution is 5.97. The number of aromatic nitrogens is 2. The molecule has 4 aromatic carbocycles. The number of nitrogens with one attached hydrogen (secondary N) is 2. The van der Waals surface area contributed by atoms with E-state index in [0.717, 1.165) is 130 Å². The number of unbranched alkanes of at least 4 members (excludes halogenated alkanes) is 1. The van der Waals surface area contributed by atoms with Crippen LogP contribution in [0, 0.1) is 13.8 Å². The van der Waals surface area contributed by atoms with E-state index in [9.17, 15) is 9.59 Å². The molecule has 2 aromatic heterocycles. The number of benzene rings is 4. The zero-order valence-corrected chi connectivity index (χ0v) is 38.2. The van der Waals surface area contributed by atoms with Crippen molar-refractivity contribution in [1.29, 1.82) is 0 Å². The molecule has 5 aliphatic rings. The number of fused-ring (bicyclic) bond motifs is 4. The highest BCUT2D eigenvalue weighted by Crippen LogP contribution is 2.36. The van der Waals surface area contributed by atoms with Crippen LogP contribution in [0.5, 0.6) is 11.5 Å². The van der Waals surface area contributed by atoms with Crippen molar-refractivity contribution in [1.82, 2.24) is 19.8 Å². The molecule has 1 aliphatic carbocycles. The van der Waals surface area contributed by atoms with E-state index in [-0.39, 0.29) is 25.0 Å². The number of pyridine rings is 2. The number of anilines is 4. The minimum absolute atomic E-state index is 0.0799. The third kappa shape index (κ3) is 9.85. The number of carbonyl (C=O) groups excluding carboxylic acids is 2. The maximum atomic E-state index is 11.7. The van der Waals surface area contributed by atoms with E-state index in [1.54, 1.807) is 0 Å². The average molecular weight is 885 g/mol. The van der Waals surface area contributed by atoms with Crippen molar-refractivity contribution in [2.75, 3.05) is 92.5 Å². The van der Waals surface area contributed by atoms with Gasteiger partial charge < -0.3 is 29.9 Å². The average Bonchev–Trinajstić information content (AvgIpc) is 3.35. The SMILES string of the molecule is Cc1ccc2c(N3CCN(C4CC=C(c5ccc6c(c5)NC(=O)CO6)CC4)CC3)cccc2n1.Cc1ccc2c(N3CCN(CCCCc4ccc5c(c4)NC(=O)CO5)CC3)cccc2n1. The minimum atomic E-state index is -0.0867. The summed E-state index contributed by atoms with van der Waals surface area (Å²) < 4.78 is 10.9. The Morgan fingerprint density at radius 2 is 1.23 bits per heavy atom. The van der Waals surface area contributed by atoms with Crippen LogP contribution in [0.25, 0.3) is 27.4 Å². The number of piperazine rings is 2. The minimum Gasteiger partial charge on any atom is -0.482 e. The monoisotopic (exact) mass is 884 g/mol. The first-order valence-electron chi connectivity index (χ1n) is 23.8. The van der Waals surface area contributed by atoms with E-state index in [0.29, 0.717) is 6.04 Å². The Morgan fingerprint density at radius 1 is 0.636 bits per heavy atom. The Labute approximate surface area is 387 Å². The Bertz CT molecular complexity index is 2780. The second-order valence-electron chi connectivity index (χ2n) is 18.3. The first kappa shape index (κ1) is 43.4. The van der Waals surface area contributed by atoms with Gasteiger partial charge in [0.15, 0.2) is 13.2 Å². The van der Waals surface area contributed by atoms with E-state index in [1.807, 2.05) is 32.0 Å². The summed E-state index contributed by atoms with van der Waals surface area (Å²) in [6, 6.07) is 34.4. The fraction of sp³-hybridized carbons (Fsp3) is 0.370. The quantitative estimate of drug-likeness (QED) is 0.137. The van der Waals surface area contributed by atoms with Crippen LogP contribution in [0.2, 0.25) is 0 Å². The predicted octanol–water partition coefficient (Wildman–Crippen LogP) is 8.65. The third-order valence-electron chi connectivity index (χ3n) is 13.8. The largest absolute Gasteiger partial charge is 0.482 e. The lowest BCUT2D eigenvalue weighted by Gasteiger charge is -2.41. The molecule has 4 aliphatic heterocycles. The van der Waals surface area contributed by atoms with Crippen LogP contribution in [0.15, 0.2) is 103 Å². The summed E-state index contributed by atoms with van der Waals surface area (Å²) in [5.41, 5.74) is 12.3. The van der Waals surface area contributed by atoms with E-state index < -0.39 is 0 Å². The number of aryl methyl sites for hydroxylation is 3. The van der Waals surface area contributed by atoms with Gasteiger partial charge in [-0.3, -0.25) is 29.4 Å². The molecular formula is C54H60N8O4. The summed E-state index contributed by atoms with van der Waals surface area (Å²) >= 11 is 0. The van der Waals surface area contributed by atoms with Crippen LogP contribution < -0.4 is 29.9 Å². The highest BCUT2D eigenvalue weighted by Gasteiger charge is 2.27. The van der Waals surface area contributed by atoms with Gasteiger partial charge in [0.2, 0.25) is 0 Å². The second-order valence-corrected chi connectivity index (χ2v) is 18.3. The molecule has 340 valence electrons. The molecule has 0 saturated carbocycles. The summed E-state index contributed by atoms with van der Waals surface area (Å²) in [7, 11) is 0. The summed E-state index contributed by atoms with van der Waals surface area (Å²) in [5.74, 6) is 1.36. The molecule has 2 amide bonds. The predicted molar refractivity (Wildman–Crippen MR) is 265 cm³/mol. The van der Waals surface area contributed by atoms with Crippen molar-refractivity contribution >= 4 is 61.9 Å². The third-order valence-corrected chi connectivity index (χ3v) is 13.8. The standard InChI is InChI=1S/C28H30N4O2.C26H30N4O2/c1-19-5-11-23-24(29-19)3-2-4-26(23)32-15-13-31(14-16-32)22-9-6-20(7-10-22)21-8-12-27-25(17-21)30-28(33)18-34-27;1-19-8-10-21-22(27-19)6-4-7-24(21)30-15-13-29(14-16-30)12-3-2-5-20-9-11-25-23(17-20)28-26(31)18-32-25/h2-6,8,11-12,17,22H,7,9-10,13-16,18H2,1H3,(H,30,33);4,6-11,17H,2-3,5,12-16,18H2,1H3,(H,28,31). The number of hydrogen-bond donors (Lipinski definition) is 2. The van der Waals surface area contributed by atoms with Crippen molar-refractivity contribution in [3.8, 4) is 11.5 Å². The number of nitrogens with zero attached hydrogens (tertiary/aromatic N) is 6. The molecule has 12 nitrogen and oxygen atoms in total. The maximum Gasteiger partial charge on any atom is 0.262 e. The van der Waals surface area contributed by atoms with Gasteiger partial charge in [0.05, 0.1) is 22.4 Å². The van der Waals surface area contributed by atoms with Gasteiger partial charge in [-0.15, -0.1) is 0 Å². The fourth-order valence-corrected chi connectivity index (χ4v) is 10.2. The molecule has 0 bridgehead atoms. The molecule has 1 atom stereocenters. The maximum absolute atomic E-state index is 11.7. The van der Waals surface area contributed by atoms with Gasteiger partial charge in [-0.25, -0.2) is 0 Å². The molecule has 6 aromatic rings. The van der Waals surface area contributed by atoms with Gasteiger partial charge in [0.1, 0.15) is 11.5 Å². The zero-order chi connectivity index (χ0) is 45.0. The number of rotatable bonds is 9. The lowest BCUT2D eigenvalue weighted by atomic mass is 9.89. The smallest absolute Gasteiger partial charge is 0.262 e. The lowest BCUT2D eigenvalue weighted by molar-refractivity contribution is -0.119. The fourth-order valence-electron chi connectivity index (χ4n) is 10.2. The lowest BCUT2D eigenvalue weighted by Crippen LogP contribution is -2.50. The Kier molecular flexibility index (Phi) is 12.8. The van der Waals surface area contributed by atoms with Gasteiger partial charge in [0.25, 0.3) is 11.8 Å². The van der Waals surface area contributed by atoms with E-state index in [2.05, 4.69) is 120 Å². The molecule has 6 heterocycles. The number of hydrogen-bond acceptors (Lipinski definition) is 10. The van der Waals surface area contributed by atoms with Crippen LogP contribution in [-0.4, -0.2) is 110 Å². The second kappa shape index (κ2) is 19.5. The van der Waals surface area contributed by atoms with Crippen LogP contribution >= 0.6 is 0 Å². The number of carbonyl (C=O) groups is 2. The Hall–Kier alpha value is -6.50. The van der Waals surface area contributed by atoms with Crippen LogP contribution in [-0.2, 0) is 16.0 Å². The molecule has 0 radical (unpaired) electrons. The summed E-state index contributed by atoms with van der Waals surface area (Å²) in [5, 5.41) is 8.31. The molecule has 2 N–H and O–H groups in total. The topological polar surface area (TPSA) is 115 Å². The van der Waals surface area contributed by atoms with E-state index >= 15 is 0 Å². The highest BCUT2D eigenvalue weighted by atomic mass is 16.5. The van der Waals surface area contributed by atoms with Crippen molar-refractivity contribution < 1.29 is 19.1 Å². The van der Waals surface area contributed by atoms with Crippen molar-refractivity contribution in [3.63, 3.8) is 0 Å². The zero-order valence-electron chi connectivity index (χ0n) is 38.2. The molecule has 12 heteroatoms. The number of amides is 2.